The monoisotopic (exact) mass is 277 g/mol. The number of esters is 1. The van der Waals surface area contributed by atoms with Gasteiger partial charge in [0, 0.05) is 5.56 Å². The molecule has 0 saturated heterocycles. The Kier molecular flexibility index (Phi) is 3.56. The number of methoxy groups -OCH3 is 1. The molecule has 0 bridgehead atoms. The van der Waals surface area contributed by atoms with Gasteiger partial charge in [-0.3, -0.25) is 0 Å². The molecule has 108 valence electrons. The van der Waals surface area contributed by atoms with E-state index in [0.29, 0.717) is 5.90 Å². The van der Waals surface area contributed by atoms with Crippen LogP contribution in [0.5, 0.6) is 0 Å². The van der Waals surface area contributed by atoms with Gasteiger partial charge in [-0.1, -0.05) is 18.2 Å². The van der Waals surface area contributed by atoms with Crippen LogP contribution < -0.4 is 0 Å². The second kappa shape index (κ2) is 4.90. The van der Waals surface area contributed by atoms with Crippen LogP contribution >= 0.6 is 0 Å². The Morgan fingerprint density at radius 2 is 2.00 bits per heavy atom. The van der Waals surface area contributed by atoms with Gasteiger partial charge in [0.15, 0.2) is 0 Å². The van der Waals surface area contributed by atoms with E-state index in [1.807, 2.05) is 30.3 Å². The van der Waals surface area contributed by atoms with Crippen molar-refractivity contribution in [3.63, 3.8) is 0 Å². The Balaban J connectivity index is 2.53. The van der Waals surface area contributed by atoms with Gasteiger partial charge >= 0.3 is 5.97 Å². The number of hydrogen-bond donors (Lipinski definition) is 1. The molecule has 5 nitrogen and oxygen atoms in total. The molecule has 1 N–H and O–H groups in total. The van der Waals surface area contributed by atoms with Gasteiger partial charge in [-0.2, -0.15) is 0 Å². The molecule has 1 aliphatic heterocycles. The maximum absolute atomic E-state index is 12.2. The van der Waals surface area contributed by atoms with Crippen molar-refractivity contribution in [2.24, 2.45) is 4.99 Å². The minimum absolute atomic E-state index is 0.339. The summed E-state index contributed by atoms with van der Waals surface area (Å²) in [6.45, 7) is 4.76. The number of aliphatic imine (C=N–C) groups is 1. The minimum atomic E-state index is -1.47. The number of carbonyl (C=O) groups excluding carboxylic acids is 1. The van der Waals surface area contributed by atoms with E-state index in [2.05, 4.69) is 4.99 Å². The molecule has 5 heteroatoms. The van der Waals surface area contributed by atoms with Gasteiger partial charge in [-0.15, -0.1) is 0 Å². The number of hydrogen-bond acceptors (Lipinski definition) is 5. The molecule has 0 saturated carbocycles. The molecule has 1 aliphatic rings. The van der Waals surface area contributed by atoms with E-state index in [1.165, 1.54) is 21.0 Å². The van der Waals surface area contributed by atoms with Crippen molar-refractivity contribution in [1.82, 2.24) is 0 Å². The molecule has 0 unspecified atom stereocenters. The summed E-state index contributed by atoms with van der Waals surface area (Å²) in [5.41, 5.74) is -2.11. The standard InChI is InChI=1S/C15H19NO4/c1-10-15(13(17)19-4,14(2,3)18)16-12(20-10)11-8-6-5-7-9-11/h5-10,18H,1-4H3/t10-,15-/m1/s1. The maximum Gasteiger partial charge on any atom is 0.340 e. The van der Waals surface area contributed by atoms with Gasteiger partial charge in [0.05, 0.1) is 12.7 Å². The Bertz CT molecular complexity index is 533. The molecule has 2 rings (SSSR count). The first kappa shape index (κ1) is 14.5. The summed E-state index contributed by atoms with van der Waals surface area (Å²) in [7, 11) is 1.28. The summed E-state index contributed by atoms with van der Waals surface area (Å²) < 4.78 is 10.5. The van der Waals surface area contributed by atoms with Crippen molar-refractivity contribution < 1.29 is 19.4 Å². The van der Waals surface area contributed by atoms with Crippen LogP contribution in [0.3, 0.4) is 0 Å². The van der Waals surface area contributed by atoms with Crippen LogP contribution in [-0.2, 0) is 14.3 Å². The van der Waals surface area contributed by atoms with E-state index in [-0.39, 0.29) is 0 Å². The second-order valence-electron chi connectivity index (χ2n) is 5.36. The van der Waals surface area contributed by atoms with E-state index in [0.717, 1.165) is 5.56 Å². The second-order valence-corrected chi connectivity index (χ2v) is 5.36. The number of benzene rings is 1. The molecular formula is C15H19NO4. The molecule has 0 fully saturated rings. The summed E-state index contributed by atoms with van der Waals surface area (Å²) in [6, 6.07) is 9.26. The predicted molar refractivity (Wildman–Crippen MR) is 74.6 cm³/mol. The van der Waals surface area contributed by atoms with Crippen LogP contribution in [0.1, 0.15) is 26.3 Å². The average molecular weight is 277 g/mol. The highest BCUT2D eigenvalue weighted by Crippen LogP contribution is 2.38. The van der Waals surface area contributed by atoms with Crippen molar-refractivity contribution in [3.05, 3.63) is 35.9 Å². The Hall–Kier alpha value is -1.88. The van der Waals surface area contributed by atoms with E-state index >= 15 is 0 Å². The molecular weight excluding hydrogens is 258 g/mol. The van der Waals surface area contributed by atoms with Crippen molar-refractivity contribution in [2.45, 2.75) is 38.0 Å². The van der Waals surface area contributed by atoms with Crippen molar-refractivity contribution in [1.29, 1.82) is 0 Å². The molecule has 0 aliphatic carbocycles. The lowest BCUT2D eigenvalue weighted by Crippen LogP contribution is -2.60. The van der Waals surface area contributed by atoms with Crippen LogP contribution in [0, 0.1) is 0 Å². The van der Waals surface area contributed by atoms with Gasteiger partial charge < -0.3 is 14.6 Å². The van der Waals surface area contributed by atoms with Crippen LogP contribution in [0.25, 0.3) is 0 Å². The Morgan fingerprint density at radius 3 is 2.50 bits per heavy atom. The van der Waals surface area contributed by atoms with Crippen molar-refractivity contribution in [2.75, 3.05) is 7.11 Å². The van der Waals surface area contributed by atoms with E-state index in [1.54, 1.807) is 6.92 Å². The molecule has 20 heavy (non-hydrogen) atoms. The van der Waals surface area contributed by atoms with Crippen LogP contribution in [-0.4, -0.2) is 41.3 Å². The zero-order valence-corrected chi connectivity index (χ0v) is 12.1. The average Bonchev–Trinajstić information content (AvgIpc) is 2.77. The first-order valence-electron chi connectivity index (χ1n) is 6.45. The largest absolute Gasteiger partial charge is 0.471 e. The van der Waals surface area contributed by atoms with E-state index in [9.17, 15) is 9.90 Å². The van der Waals surface area contributed by atoms with Gasteiger partial charge in [0.25, 0.3) is 0 Å². The fourth-order valence-corrected chi connectivity index (χ4v) is 2.49. The number of nitrogens with zero attached hydrogens (tertiary/aromatic N) is 1. The first-order valence-corrected chi connectivity index (χ1v) is 6.45. The fourth-order valence-electron chi connectivity index (χ4n) is 2.49. The minimum Gasteiger partial charge on any atom is -0.471 e. The maximum atomic E-state index is 12.2. The van der Waals surface area contributed by atoms with Crippen LogP contribution in [0.2, 0.25) is 0 Å². The molecule has 0 aromatic heterocycles. The summed E-state index contributed by atoms with van der Waals surface area (Å²) in [5.74, 6) is -0.269. The summed E-state index contributed by atoms with van der Waals surface area (Å²) >= 11 is 0. The van der Waals surface area contributed by atoms with Gasteiger partial charge in [0.1, 0.15) is 6.10 Å². The van der Waals surface area contributed by atoms with Crippen molar-refractivity contribution >= 4 is 11.9 Å². The van der Waals surface area contributed by atoms with Gasteiger partial charge in [-0.25, -0.2) is 9.79 Å². The zero-order valence-electron chi connectivity index (χ0n) is 12.1. The first-order chi connectivity index (χ1) is 9.33. The van der Waals surface area contributed by atoms with Gasteiger partial charge in [0.2, 0.25) is 11.4 Å². The molecule has 0 spiro atoms. The summed E-state index contributed by atoms with van der Waals surface area (Å²) in [5, 5.41) is 10.4. The molecule has 0 amide bonds. The lowest BCUT2D eigenvalue weighted by Gasteiger charge is -2.36. The molecule has 2 atom stereocenters. The van der Waals surface area contributed by atoms with Crippen molar-refractivity contribution in [3.8, 4) is 0 Å². The van der Waals surface area contributed by atoms with E-state index in [4.69, 9.17) is 9.47 Å². The SMILES string of the molecule is COC(=O)[C@]1(C(C)(C)O)N=C(c2ccccc2)O[C@@H]1C. The third kappa shape index (κ3) is 2.08. The topological polar surface area (TPSA) is 68.1 Å². The molecule has 1 aromatic rings. The number of rotatable bonds is 3. The lowest BCUT2D eigenvalue weighted by atomic mass is 9.79. The van der Waals surface area contributed by atoms with Gasteiger partial charge in [-0.05, 0) is 32.9 Å². The third-order valence-corrected chi connectivity index (χ3v) is 3.60. The highest BCUT2D eigenvalue weighted by atomic mass is 16.5. The van der Waals surface area contributed by atoms with Crippen LogP contribution in [0.4, 0.5) is 0 Å². The predicted octanol–water partition coefficient (Wildman–Crippen LogP) is 1.53. The normalized spacial score (nSPS) is 25.9. The Labute approximate surface area is 118 Å². The number of carbonyl (C=O) groups is 1. The van der Waals surface area contributed by atoms with Crippen LogP contribution in [0.15, 0.2) is 35.3 Å². The summed E-state index contributed by atoms with van der Waals surface area (Å²) in [4.78, 5) is 16.6. The highest BCUT2D eigenvalue weighted by molar-refractivity contribution is 6.00. The fraction of sp³-hybridized carbons (Fsp3) is 0.467. The number of aliphatic hydroxyl groups is 1. The summed E-state index contributed by atoms with van der Waals surface area (Å²) in [6.07, 6.45) is -0.620. The molecule has 1 heterocycles. The smallest absolute Gasteiger partial charge is 0.340 e. The number of ether oxygens (including phenoxy) is 2. The molecule has 1 aromatic carbocycles. The zero-order chi connectivity index (χ0) is 15.0. The van der Waals surface area contributed by atoms with E-state index < -0.39 is 23.2 Å². The third-order valence-electron chi connectivity index (χ3n) is 3.60. The highest BCUT2D eigenvalue weighted by Gasteiger charge is 2.60. The Morgan fingerprint density at radius 1 is 1.40 bits per heavy atom. The molecule has 0 radical (unpaired) electrons. The quantitative estimate of drug-likeness (QED) is 0.851. The lowest BCUT2D eigenvalue weighted by molar-refractivity contribution is -0.161.